The molecule has 3 N–H and O–H groups in total. The van der Waals surface area contributed by atoms with Gasteiger partial charge in [-0.05, 0) is 37.4 Å². The first kappa shape index (κ1) is 15.9. The van der Waals surface area contributed by atoms with Gasteiger partial charge in [0.15, 0.2) is 0 Å². The fourth-order valence-corrected chi connectivity index (χ4v) is 3.82. The number of hydrogen-bond donors (Lipinski definition) is 3. The number of fused-ring (bicyclic) bond motifs is 1. The van der Waals surface area contributed by atoms with E-state index >= 15 is 0 Å². The van der Waals surface area contributed by atoms with Gasteiger partial charge in [0, 0.05) is 32.0 Å². The second-order valence-electron chi connectivity index (χ2n) is 6.48. The third-order valence-corrected chi connectivity index (χ3v) is 5.11. The first-order valence-electron chi connectivity index (χ1n) is 8.40. The Morgan fingerprint density at radius 1 is 1.30 bits per heavy atom. The van der Waals surface area contributed by atoms with E-state index in [1.165, 1.54) is 12.6 Å². The van der Waals surface area contributed by atoms with Gasteiger partial charge < -0.3 is 16.0 Å². The Balaban J connectivity index is 1.45. The van der Waals surface area contributed by atoms with E-state index in [0.717, 1.165) is 32.4 Å². The molecule has 2 atom stereocenters. The van der Waals surface area contributed by atoms with Crippen LogP contribution < -0.4 is 16.0 Å². The number of pyridine rings is 1. The van der Waals surface area contributed by atoms with E-state index in [4.69, 9.17) is 0 Å². The monoisotopic (exact) mass is 316 g/mol. The first-order valence-corrected chi connectivity index (χ1v) is 8.40. The van der Waals surface area contributed by atoms with Gasteiger partial charge in [-0.15, -0.1) is 0 Å². The number of amides is 2. The van der Waals surface area contributed by atoms with Gasteiger partial charge in [-0.3, -0.25) is 14.6 Å². The second kappa shape index (κ2) is 7.08. The molecule has 124 valence electrons. The molecule has 23 heavy (non-hydrogen) atoms. The number of carbonyl (C=O) groups excluding carboxylic acids is 2. The van der Waals surface area contributed by atoms with Crippen molar-refractivity contribution in [3.63, 3.8) is 0 Å². The van der Waals surface area contributed by atoms with Crippen LogP contribution in [0.15, 0.2) is 24.5 Å². The maximum atomic E-state index is 12.6. The molecule has 0 aromatic carbocycles. The van der Waals surface area contributed by atoms with Crippen molar-refractivity contribution >= 4 is 11.8 Å². The highest BCUT2D eigenvalue weighted by Crippen LogP contribution is 2.43. The van der Waals surface area contributed by atoms with Crippen molar-refractivity contribution in [3.8, 4) is 0 Å². The molecule has 3 rings (SSSR count). The molecule has 0 unspecified atom stereocenters. The summed E-state index contributed by atoms with van der Waals surface area (Å²) in [5.74, 6) is 0.438. The molecule has 6 heteroatoms. The van der Waals surface area contributed by atoms with Crippen molar-refractivity contribution < 1.29 is 9.59 Å². The second-order valence-corrected chi connectivity index (χ2v) is 6.48. The SMILES string of the molecule is O=C(NCCNC(=O)[C@@]12CCCC[C@H]1CNC2)c1cccnc1. The normalized spacial score (nSPS) is 26.3. The molecule has 2 amide bonds. The van der Waals surface area contributed by atoms with Crippen LogP contribution in [-0.2, 0) is 4.79 Å². The van der Waals surface area contributed by atoms with Crippen LogP contribution in [0.4, 0.5) is 0 Å². The summed E-state index contributed by atoms with van der Waals surface area (Å²) in [7, 11) is 0. The summed E-state index contributed by atoms with van der Waals surface area (Å²) in [5.41, 5.74) is 0.302. The van der Waals surface area contributed by atoms with Crippen molar-refractivity contribution in [2.45, 2.75) is 25.7 Å². The van der Waals surface area contributed by atoms with E-state index < -0.39 is 0 Å². The number of nitrogens with one attached hydrogen (secondary N) is 3. The van der Waals surface area contributed by atoms with Crippen molar-refractivity contribution in [2.24, 2.45) is 11.3 Å². The van der Waals surface area contributed by atoms with Crippen molar-refractivity contribution in [1.29, 1.82) is 0 Å². The van der Waals surface area contributed by atoms with Crippen LogP contribution in [0.2, 0.25) is 0 Å². The molecule has 0 spiro atoms. The fourth-order valence-electron chi connectivity index (χ4n) is 3.82. The van der Waals surface area contributed by atoms with Gasteiger partial charge in [-0.1, -0.05) is 12.8 Å². The maximum Gasteiger partial charge on any atom is 0.252 e. The number of carbonyl (C=O) groups is 2. The minimum Gasteiger partial charge on any atom is -0.354 e. The van der Waals surface area contributed by atoms with Crippen LogP contribution in [0, 0.1) is 11.3 Å². The number of hydrogen-bond acceptors (Lipinski definition) is 4. The molecule has 1 aliphatic heterocycles. The molecule has 2 aliphatic rings. The highest BCUT2D eigenvalue weighted by molar-refractivity contribution is 5.93. The Kier molecular flexibility index (Phi) is 4.91. The quantitative estimate of drug-likeness (QED) is 0.699. The smallest absolute Gasteiger partial charge is 0.252 e. The lowest BCUT2D eigenvalue weighted by atomic mass is 9.67. The van der Waals surface area contributed by atoms with Crippen LogP contribution in [0.1, 0.15) is 36.0 Å². The lowest BCUT2D eigenvalue weighted by Crippen LogP contribution is -2.49. The molecular formula is C17H24N4O2. The van der Waals surface area contributed by atoms with Crippen molar-refractivity contribution in [3.05, 3.63) is 30.1 Å². The predicted molar refractivity (Wildman–Crippen MR) is 86.8 cm³/mol. The molecule has 1 aliphatic carbocycles. The maximum absolute atomic E-state index is 12.6. The Morgan fingerprint density at radius 2 is 2.17 bits per heavy atom. The van der Waals surface area contributed by atoms with Gasteiger partial charge in [-0.25, -0.2) is 0 Å². The van der Waals surface area contributed by atoms with Crippen LogP contribution >= 0.6 is 0 Å². The number of rotatable bonds is 5. The number of aromatic nitrogens is 1. The average molecular weight is 316 g/mol. The Labute approximate surface area is 136 Å². The minimum atomic E-state index is -0.231. The fraction of sp³-hybridized carbons (Fsp3) is 0.588. The van der Waals surface area contributed by atoms with Gasteiger partial charge in [0.1, 0.15) is 0 Å². The summed E-state index contributed by atoms with van der Waals surface area (Å²) in [4.78, 5) is 28.5. The van der Waals surface area contributed by atoms with E-state index in [1.54, 1.807) is 18.3 Å². The summed E-state index contributed by atoms with van der Waals surface area (Å²) in [6.07, 6.45) is 7.62. The van der Waals surface area contributed by atoms with E-state index in [2.05, 4.69) is 20.9 Å². The van der Waals surface area contributed by atoms with Gasteiger partial charge in [-0.2, -0.15) is 0 Å². The predicted octanol–water partition coefficient (Wildman–Crippen LogP) is 0.707. The van der Waals surface area contributed by atoms with Crippen LogP contribution in [0.25, 0.3) is 0 Å². The molecular weight excluding hydrogens is 292 g/mol. The first-order chi connectivity index (χ1) is 11.2. The lowest BCUT2D eigenvalue weighted by molar-refractivity contribution is -0.133. The van der Waals surface area contributed by atoms with E-state index in [1.807, 2.05) is 0 Å². The summed E-state index contributed by atoms with van der Waals surface area (Å²) in [6.45, 7) is 2.61. The standard InChI is InChI=1S/C17H24N4O2/c22-15(13-4-3-7-18-10-13)20-8-9-21-16(23)17-6-2-1-5-14(17)11-19-12-17/h3-4,7,10,14,19H,1-2,5-6,8-9,11-12H2,(H,20,22)(H,21,23)/t14-,17+/m0/s1. The zero-order valence-electron chi connectivity index (χ0n) is 13.3. The Bertz CT molecular complexity index is 563. The summed E-state index contributed by atoms with van der Waals surface area (Å²) < 4.78 is 0. The lowest BCUT2D eigenvalue weighted by Gasteiger charge is -2.37. The molecule has 2 fully saturated rings. The van der Waals surface area contributed by atoms with Crippen LogP contribution in [-0.4, -0.2) is 43.0 Å². The van der Waals surface area contributed by atoms with E-state index in [-0.39, 0.29) is 17.2 Å². The van der Waals surface area contributed by atoms with Crippen LogP contribution in [0.3, 0.4) is 0 Å². The highest BCUT2D eigenvalue weighted by atomic mass is 16.2. The van der Waals surface area contributed by atoms with Gasteiger partial charge in [0.2, 0.25) is 5.91 Å². The summed E-state index contributed by atoms with van der Waals surface area (Å²) in [6, 6.07) is 3.45. The molecule has 1 aromatic heterocycles. The van der Waals surface area contributed by atoms with E-state index in [0.29, 0.717) is 24.6 Å². The zero-order valence-corrected chi connectivity index (χ0v) is 13.3. The van der Waals surface area contributed by atoms with Crippen molar-refractivity contribution in [2.75, 3.05) is 26.2 Å². The largest absolute Gasteiger partial charge is 0.354 e. The van der Waals surface area contributed by atoms with E-state index in [9.17, 15) is 9.59 Å². The van der Waals surface area contributed by atoms with Gasteiger partial charge >= 0.3 is 0 Å². The minimum absolute atomic E-state index is 0.142. The molecule has 0 radical (unpaired) electrons. The molecule has 2 heterocycles. The molecule has 1 aromatic rings. The summed E-state index contributed by atoms with van der Waals surface area (Å²) in [5, 5.41) is 9.20. The Morgan fingerprint density at radius 3 is 3.00 bits per heavy atom. The van der Waals surface area contributed by atoms with Crippen LogP contribution in [0.5, 0.6) is 0 Å². The van der Waals surface area contributed by atoms with Gasteiger partial charge in [0.25, 0.3) is 5.91 Å². The van der Waals surface area contributed by atoms with Gasteiger partial charge in [0.05, 0.1) is 11.0 Å². The molecule has 1 saturated heterocycles. The zero-order chi connectivity index (χ0) is 16.1. The van der Waals surface area contributed by atoms with Crippen molar-refractivity contribution in [1.82, 2.24) is 20.9 Å². The summed E-state index contributed by atoms with van der Waals surface area (Å²) >= 11 is 0. The Hall–Kier alpha value is -1.95. The molecule has 1 saturated carbocycles. The highest BCUT2D eigenvalue weighted by Gasteiger charge is 2.49. The third kappa shape index (κ3) is 3.37. The number of nitrogens with zero attached hydrogens (tertiary/aromatic N) is 1. The topological polar surface area (TPSA) is 83.1 Å². The molecule has 6 nitrogen and oxygen atoms in total. The average Bonchev–Trinajstić information content (AvgIpc) is 3.04. The third-order valence-electron chi connectivity index (χ3n) is 5.11. The molecule has 0 bridgehead atoms.